The lowest BCUT2D eigenvalue weighted by atomic mass is 9.44. The first-order valence-corrected chi connectivity index (χ1v) is 12.1. The highest BCUT2D eigenvalue weighted by Gasteiger charge is 2.68. The number of ketones is 2. The summed E-state index contributed by atoms with van der Waals surface area (Å²) in [5.74, 6) is 2.11. The summed E-state index contributed by atoms with van der Waals surface area (Å²) in [7, 11) is 0. The molecule has 0 aromatic heterocycles. The van der Waals surface area contributed by atoms with Gasteiger partial charge in [-0.1, -0.05) is 26.3 Å². The van der Waals surface area contributed by atoms with Gasteiger partial charge in [0, 0.05) is 11.8 Å². The summed E-state index contributed by atoms with van der Waals surface area (Å²) in [6.45, 7) is 8.55. The van der Waals surface area contributed by atoms with Crippen molar-refractivity contribution in [2.75, 3.05) is 0 Å². The molecule has 30 heavy (non-hydrogen) atoms. The molecule has 0 aromatic rings. The number of fused-ring (bicyclic) bond motifs is 5. The average Bonchev–Trinajstić information content (AvgIpc) is 3.48. The number of hydrogen-bond donors (Lipinski definition) is 0. The van der Waals surface area contributed by atoms with Crippen molar-refractivity contribution in [2.45, 2.75) is 91.1 Å². The van der Waals surface area contributed by atoms with Gasteiger partial charge in [0.25, 0.3) is 0 Å². The van der Waals surface area contributed by atoms with Gasteiger partial charge in [0.2, 0.25) is 0 Å². The number of hydrogen-bond acceptors (Lipinski definition) is 4. The van der Waals surface area contributed by atoms with Crippen molar-refractivity contribution in [3.05, 3.63) is 11.6 Å². The van der Waals surface area contributed by atoms with Crippen LogP contribution in [0.5, 0.6) is 0 Å². The molecule has 4 saturated carbocycles. The Morgan fingerprint density at radius 2 is 1.73 bits per heavy atom. The van der Waals surface area contributed by atoms with E-state index in [0.717, 1.165) is 44.9 Å². The Hall–Kier alpha value is -1.45. The zero-order valence-corrected chi connectivity index (χ0v) is 19.0. The number of allylic oxidation sites excluding steroid dienone is 1. The number of carbonyl (C=O) groups is 3. The fraction of sp³-hybridized carbons (Fsp3) is 0.808. The molecule has 5 aliphatic rings. The highest BCUT2D eigenvalue weighted by atomic mass is 16.6. The van der Waals surface area contributed by atoms with E-state index in [1.807, 2.05) is 6.08 Å². The van der Waals surface area contributed by atoms with Crippen molar-refractivity contribution in [2.24, 2.45) is 40.4 Å². The summed E-state index contributed by atoms with van der Waals surface area (Å²) in [6.07, 6.45) is 10.1. The van der Waals surface area contributed by atoms with E-state index in [0.29, 0.717) is 36.5 Å². The summed E-state index contributed by atoms with van der Waals surface area (Å²) in [5, 5.41) is 0. The SMILES string of the molecule is CC(=O)[C@@]1(OC(=O)C2CC2)CC[C@H]2[C@@H]3C[C@H](C)C4=CC(=O)CC[C@]4(C)[C@H]3CC[C@@]21C. The van der Waals surface area contributed by atoms with E-state index in [9.17, 15) is 14.4 Å². The van der Waals surface area contributed by atoms with Gasteiger partial charge in [0.1, 0.15) is 0 Å². The molecule has 0 heterocycles. The van der Waals surface area contributed by atoms with Crippen LogP contribution < -0.4 is 0 Å². The van der Waals surface area contributed by atoms with E-state index in [2.05, 4.69) is 20.8 Å². The number of Topliss-reactive ketones (excluding diaryl/α,β-unsaturated/α-hetero) is 1. The molecule has 5 aliphatic carbocycles. The number of rotatable bonds is 3. The lowest BCUT2D eigenvalue weighted by molar-refractivity contribution is -0.190. The Morgan fingerprint density at radius 3 is 2.40 bits per heavy atom. The van der Waals surface area contributed by atoms with E-state index in [-0.39, 0.29) is 34.3 Å². The predicted molar refractivity (Wildman–Crippen MR) is 113 cm³/mol. The Kier molecular flexibility index (Phi) is 4.45. The Morgan fingerprint density at radius 1 is 1.03 bits per heavy atom. The third-order valence-electron chi connectivity index (χ3n) is 10.2. The summed E-state index contributed by atoms with van der Waals surface area (Å²) >= 11 is 0. The minimum Gasteiger partial charge on any atom is -0.450 e. The molecule has 4 nitrogen and oxygen atoms in total. The van der Waals surface area contributed by atoms with E-state index in [1.54, 1.807) is 6.92 Å². The quantitative estimate of drug-likeness (QED) is 0.609. The van der Waals surface area contributed by atoms with Crippen LogP contribution in [0.15, 0.2) is 11.6 Å². The fourth-order valence-corrected chi connectivity index (χ4v) is 8.37. The zero-order chi connectivity index (χ0) is 21.5. The van der Waals surface area contributed by atoms with Crippen molar-refractivity contribution in [3.63, 3.8) is 0 Å². The Balaban J connectivity index is 1.50. The summed E-state index contributed by atoms with van der Waals surface area (Å²) in [4.78, 5) is 37.9. The minimum absolute atomic E-state index is 0.0151. The molecule has 164 valence electrons. The number of esters is 1. The van der Waals surface area contributed by atoms with Crippen molar-refractivity contribution in [3.8, 4) is 0 Å². The third kappa shape index (κ3) is 2.61. The molecule has 0 bridgehead atoms. The molecular formula is C26H36O4. The molecule has 0 saturated heterocycles. The van der Waals surface area contributed by atoms with Crippen LogP contribution in [0.3, 0.4) is 0 Å². The van der Waals surface area contributed by atoms with Gasteiger partial charge in [-0.3, -0.25) is 14.4 Å². The van der Waals surface area contributed by atoms with E-state index in [1.165, 1.54) is 5.57 Å². The molecule has 0 aromatic carbocycles. The normalized spacial score (nSPS) is 47.6. The van der Waals surface area contributed by atoms with Crippen LogP contribution in [-0.4, -0.2) is 23.1 Å². The number of ether oxygens (including phenoxy) is 1. The van der Waals surface area contributed by atoms with Crippen LogP contribution in [0.25, 0.3) is 0 Å². The van der Waals surface area contributed by atoms with Crippen LogP contribution in [0.4, 0.5) is 0 Å². The van der Waals surface area contributed by atoms with E-state index >= 15 is 0 Å². The first-order valence-electron chi connectivity index (χ1n) is 12.1. The molecule has 0 radical (unpaired) electrons. The second kappa shape index (κ2) is 6.53. The predicted octanol–water partition coefficient (Wildman–Crippen LogP) is 5.05. The first kappa shape index (κ1) is 20.5. The highest BCUT2D eigenvalue weighted by molar-refractivity contribution is 5.92. The monoisotopic (exact) mass is 412 g/mol. The maximum atomic E-state index is 13.0. The molecule has 0 aliphatic heterocycles. The van der Waals surface area contributed by atoms with Crippen LogP contribution >= 0.6 is 0 Å². The smallest absolute Gasteiger partial charge is 0.309 e. The van der Waals surface area contributed by atoms with Gasteiger partial charge in [-0.2, -0.15) is 0 Å². The summed E-state index contributed by atoms with van der Waals surface area (Å²) in [5.41, 5.74) is 0.265. The van der Waals surface area contributed by atoms with Crippen molar-refractivity contribution >= 4 is 17.5 Å². The van der Waals surface area contributed by atoms with Crippen LogP contribution in [0.2, 0.25) is 0 Å². The van der Waals surface area contributed by atoms with Gasteiger partial charge in [0.15, 0.2) is 17.2 Å². The Labute approximate surface area is 180 Å². The van der Waals surface area contributed by atoms with Gasteiger partial charge < -0.3 is 4.74 Å². The molecule has 0 unspecified atom stereocenters. The van der Waals surface area contributed by atoms with Crippen LogP contribution in [0.1, 0.15) is 85.5 Å². The van der Waals surface area contributed by atoms with Gasteiger partial charge in [-0.15, -0.1) is 0 Å². The first-order chi connectivity index (χ1) is 14.1. The molecule has 4 fully saturated rings. The van der Waals surface area contributed by atoms with Crippen molar-refractivity contribution in [1.29, 1.82) is 0 Å². The molecule has 0 spiro atoms. The lowest BCUT2D eigenvalue weighted by Gasteiger charge is -2.60. The largest absolute Gasteiger partial charge is 0.450 e. The molecular weight excluding hydrogens is 376 g/mol. The Bertz CT molecular complexity index is 838. The second-order valence-electron chi connectivity index (χ2n) is 11.6. The van der Waals surface area contributed by atoms with Gasteiger partial charge in [0.05, 0.1) is 5.92 Å². The molecule has 7 atom stereocenters. The minimum atomic E-state index is -0.939. The van der Waals surface area contributed by atoms with Crippen LogP contribution in [0, 0.1) is 40.4 Å². The topological polar surface area (TPSA) is 60.4 Å². The van der Waals surface area contributed by atoms with Gasteiger partial charge in [-0.05, 0) is 93.5 Å². The number of carbonyl (C=O) groups excluding carboxylic acids is 3. The fourth-order valence-electron chi connectivity index (χ4n) is 8.37. The van der Waals surface area contributed by atoms with Crippen molar-refractivity contribution in [1.82, 2.24) is 0 Å². The summed E-state index contributed by atoms with van der Waals surface area (Å²) in [6, 6.07) is 0. The summed E-state index contributed by atoms with van der Waals surface area (Å²) < 4.78 is 6.16. The lowest BCUT2D eigenvalue weighted by Crippen LogP contribution is -2.59. The van der Waals surface area contributed by atoms with E-state index in [4.69, 9.17) is 4.74 Å². The van der Waals surface area contributed by atoms with Crippen LogP contribution in [-0.2, 0) is 19.1 Å². The van der Waals surface area contributed by atoms with Gasteiger partial charge in [-0.25, -0.2) is 0 Å². The maximum Gasteiger partial charge on any atom is 0.309 e. The average molecular weight is 413 g/mol. The zero-order valence-electron chi connectivity index (χ0n) is 19.0. The maximum absolute atomic E-state index is 13.0. The standard InChI is InChI=1S/C26H36O4/c1-15-13-19-20(24(3)10-7-18(28)14-22(15)24)8-11-25(4)21(19)9-12-26(25,16(2)27)30-23(29)17-5-6-17/h14-15,17,19-21H,5-13H2,1-4H3/t15-,19+,20-,21-,24+,25-,26-/m0/s1. The molecule has 4 heteroatoms. The molecule has 0 N–H and O–H groups in total. The second-order valence-corrected chi connectivity index (χ2v) is 11.6. The third-order valence-corrected chi connectivity index (χ3v) is 10.2. The molecule has 0 amide bonds. The van der Waals surface area contributed by atoms with Gasteiger partial charge >= 0.3 is 5.97 Å². The van der Waals surface area contributed by atoms with E-state index < -0.39 is 5.60 Å². The molecule has 5 rings (SSSR count). The highest BCUT2D eigenvalue weighted by Crippen LogP contribution is 2.69. The van der Waals surface area contributed by atoms with Crippen molar-refractivity contribution < 1.29 is 19.1 Å².